The van der Waals surface area contributed by atoms with Gasteiger partial charge in [0.05, 0.1) is 22.2 Å². The number of hydrogen-bond acceptors (Lipinski definition) is 3. The number of thiophene rings is 1. The molecule has 0 bridgehead atoms. The van der Waals surface area contributed by atoms with Crippen LogP contribution in [0.5, 0.6) is 5.75 Å². The molecular formula is C42H32N2OS. The van der Waals surface area contributed by atoms with Crippen LogP contribution in [0.25, 0.3) is 54.9 Å². The molecule has 3 nitrogen and oxygen atoms in total. The van der Waals surface area contributed by atoms with Crippen LogP contribution < -0.4 is 19.4 Å². The minimum Gasteiger partial charge on any atom is -0.493 e. The van der Waals surface area contributed by atoms with Gasteiger partial charge in [0.15, 0.2) is 0 Å². The summed E-state index contributed by atoms with van der Waals surface area (Å²) in [6.45, 7) is 5.35. The molecular weight excluding hydrogens is 581 g/mol. The average Bonchev–Trinajstić information content (AvgIpc) is 3.65. The Bertz CT molecular complexity index is 2480. The molecule has 1 aliphatic heterocycles. The van der Waals surface area contributed by atoms with Gasteiger partial charge in [-0.2, -0.15) is 0 Å². The van der Waals surface area contributed by atoms with E-state index in [1.54, 1.807) is 0 Å². The van der Waals surface area contributed by atoms with Gasteiger partial charge in [0.25, 0.3) is 0 Å². The van der Waals surface area contributed by atoms with Gasteiger partial charge in [0.2, 0.25) is 0 Å². The Labute approximate surface area is 271 Å². The average molecular weight is 613 g/mol. The number of allylic oxidation sites excluding steroid dienone is 1. The molecule has 0 atom stereocenters. The van der Waals surface area contributed by atoms with Crippen LogP contribution in [0, 0.1) is 0 Å². The smallest absolute Gasteiger partial charge is 0.127 e. The molecule has 0 unspecified atom stereocenters. The third kappa shape index (κ3) is 4.25. The molecule has 46 heavy (non-hydrogen) atoms. The number of hydrogen-bond donors (Lipinski definition) is 0. The van der Waals surface area contributed by atoms with Crippen molar-refractivity contribution in [3.05, 3.63) is 155 Å². The minimum absolute atomic E-state index is 0.627. The number of fused-ring (bicyclic) bond motifs is 7. The number of ether oxygens (including phenoxy) is 1. The summed E-state index contributed by atoms with van der Waals surface area (Å²) in [6.07, 6.45) is 7.50. The Morgan fingerprint density at radius 1 is 0.696 bits per heavy atom. The summed E-state index contributed by atoms with van der Waals surface area (Å²) in [7, 11) is 0. The molecule has 0 radical (unpaired) electrons. The highest BCUT2D eigenvalue weighted by Crippen LogP contribution is 2.41. The van der Waals surface area contributed by atoms with Gasteiger partial charge in [-0.1, -0.05) is 91.5 Å². The predicted octanol–water partition coefficient (Wildman–Crippen LogP) is 9.57. The summed E-state index contributed by atoms with van der Waals surface area (Å²) >= 11 is 1.90. The van der Waals surface area contributed by atoms with E-state index in [-0.39, 0.29) is 0 Å². The lowest BCUT2D eigenvalue weighted by atomic mass is 9.97. The fourth-order valence-electron chi connectivity index (χ4n) is 7.25. The molecule has 2 aromatic heterocycles. The van der Waals surface area contributed by atoms with Crippen molar-refractivity contribution in [2.24, 2.45) is 0 Å². The van der Waals surface area contributed by atoms with Crippen molar-refractivity contribution in [3.8, 4) is 11.4 Å². The van der Waals surface area contributed by atoms with Crippen LogP contribution in [-0.2, 0) is 0 Å². The van der Waals surface area contributed by atoms with Gasteiger partial charge in [0.1, 0.15) is 5.75 Å². The monoisotopic (exact) mass is 612 g/mol. The summed E-state index contributed by atoms with van der Waals surface area (Å²) < 4.78 is 11.2. The standard InChI is InChI=1S/C42H32N2OS/c1-28-31-15-6-9-22-40(31)45-26-12-21-36(28)44(39-20-11-18-34-33-17-7-10-23-41(33)46-42(34)39)30-24-25-38-35(27-30)32-16-5-8-19-37(32)43(38)29-13-3-2-4-14-29/h2-10,13-19,21-25,27H,1,11-12,20,26H2/b36-21+. The van der Waals surface area contributed by atoms with E-state index in [2.05, 4.69) is 137 Å². The van der Waals surface area contributed by atoms with E-state index in [1.165, 1.54) is 47.3 Å². The first-order valence-corrected chi connectivity index (χ1v) is 16.8. The van der Waals surface area contributed by atoms with Crippen LogP contribution in [0.4, 0.5) is 5.69 Å². The van der Waals surface area contributed by atoms with Gasteiger partial charge in [-0.25, -0.2) is 0 Å². The fraction of sp³-hybridized carbons (Fsp3) is 0.0952. The van der Waals surface area contributed by atoms with E-state index >= 15 is 0 Å². The van der Waals surface area contributed by atoms with E-state index in [4.69, 9.17) is 11.3 Å². The van der Waals surface area contributed by atoms with Crippen LogP contribution in [0.1, 0.15) is 24.8 Å². The van der Waals surface area contributed by atoms with Crippen molar-refractivity contribution in [3.63, 3.8) is 0 Å². The predicted molar refractivity (Wildman–Crippen MR) is 195 cm³/mol. The second kappa shape index (κ2) is 10.9. The van der Waals surface area contributed by atoms with E-state index < -0.39 is 0 Å². The van der Waals surface area contributed by atoms with Gasteiger partial charge in [-0.05, 0) is 66.6 Å². The van der Waals surface area contributed by atoms with Gasteiger partial charge < -0.3 is 14.2 Å². The molecule has 0 saturated carbocycles. The highest BCUT2D eigenvalue weighted by Gasteiger charge is 2.26. The zero-order chi connectivity index (χ0) is 30.6. The summed E-state index contributed by atoms with van der Waals surface area (Å²) in [5.41, 5.74) is 9.20. The molecule has 0 spiro atoms. The molecule has 0 fully saturated rings. The first kappa shape index (κ1) is 27.0. The summed E-state index contributed by atoms with van der Waals surface area (Å²) in [4.78, 5) is 2.51. The Kier molecular flexibility index (Phi) is 6.43. The van der Waals surface area contributed by atoms with Crippen molar-refractivity contribution >= 4 is 66.3 Å². The number of benzene rings is 5. The maximum atomic E-state index is 6.19. The Morgan fingerprint density at radius 3 is 2.37 bits per heavy atom. The van der Waals surface area contributed by atoms with E-state index in [1.807, 2.05) is 17.4 Å². The number of anilines is 1. The van der Waals surface area contributed by atoms with Crippen LogP contribution in [-0.4, -0.2) is 11.2 Å². The SMILES string of the molecule is C=C1/C(N(C2=c3sc4ccccc4c3=CCC2)c2ccc3c(c2)c2ccccc2n3-c2ccccc2)=C\CCOc2ccccc21. The summed E-state index contributed by atoms with van der Waals surface area (Å²) in [6, 6.07) is 43.6. The maximum absolute atomic E-state index is 6.19. The topological polar surface area (TPSA) is 17.4 Å². The first-order valence-electron chi connectivity index (χ1n) is 16.0. The van der Waals surface area contributed by atoms with Crippen LogP contribution in [0.3, 0.4) is 0 Å². The number of aromatic nitrogens is 1. The molecule has 9 rings (SSSR count). The second-order valence-electron chi connectivity index (χ2n) is 12.0. The molecule has 5 aromatic carbocycles. The van der Waals surface area contributed by atoms with Gasteiger partial charge in [-0.3, -0.25) is 0 Å². The third-order valence-corrected chi connectivity index (χ3v) is 10.5. The van der Waals surface area contributed by atoms with Crippen LogP contribution >= 0.6 is 11.3 Å². The normalized spacial score (nSPS) is 15.8. The quantitative estimate of drug-likeness (QED) is 0.197. The molecule has 3 heterocycles. The molecule has 7 aromatic rings. The van der Waals surface area contributed by atoms with Gasteiger partial charge in [0, 0.05) is 61.2 Å². The maximum Gasteiger partial charge on any atom is 0.127 e. The Morgan fingerprint density at radius 2 is 1.46 bits per heavy atom. The van der Waals surface area contributed by atoms with Crippen molar-refractivity contribution in [2.45, 2.75) is 19.3 Å². The van der Waals surface area contributed by atoms with E-state index in [9.17, 15) is 0 Å². The first-order chi connectivity index (χ1) is 22.8. The van der Waals surface area contributed by atoms with Gasteiger partial charge >= 0.3 is 0 Å². The highest BCUT2D eigenvalue weighted by atomic mass is 32.1. The fourth-order valence-corrected chi connectivity index (χ4v) is 8.52. The minimum atomic E-state index is 0.627. The van der Waals surface area contributed by atoms with E-state index in [0.717, 1.165) is 53.2 Å². The van der Waals surface area contributed by atoms with E-state index in [0.29, 0.717) is 6.61 Å². The Hall–Kier alpha value is -5.32. The molecule has 222 valence electrons. The summed E-state index contributed by atoms with van der Waals surface area (Å²) in [5.74, 6) is 0.893. The number of para-hydroxylation sites is 3. The van der Waals surface area contributed by atoms with Gasteiger partial charge in [-0.15, -0.1) is 11.3 Å². The van der Waals surface area contributed by atoms with Crippen molar-refractivity contribution in [2.75, 3.05) is 11.5 Å². The van der Waals surface area contributed by atoms with Crippen LogP contribution in [0.15, 0.2) is 140 Å². The lowest BCUT2D eigenvalue weighted by Gasteiger charge is -2.33. The highest BCUT2D eigenvalue weighted by molar-refractivity contribution is 7.17. The summed E-state index contributed by atoms with van der Waals surface area (Å²) in [5, 5.41) is 5.18. The van der Waals surface area contributed by atoms with Crippen molar-refractivity contribution < 1.29 is 4.74 Å². The third-order valence-electron chi connectivity index (χ3n) is 9.30. The van der Waals surface area contributed by atoms with Crippen LogP contribution in [0.2, 0.25) is 0 Å². The lowest BCUT2D eigenvalue weighted by Crippen LogP contribution is -2.34. The second-order valence-corrected chi connectivity index (χ2v) is 13.0. The van der Waals surface area contributed by atoms with Crippen molar-refractivity contribution in [1.82, 2.24) is 4.57 Å². The molecule has 2 aliphatic rings. The van der Waals surface area contributed by atoms with Crippen molar-refractivity contribution in [1.29, 1.82) is 0 Å². The lowest BCUT2D eigenvalue weighted by molar-refractivity contribution is 0.323. The molecule has 0 saturated heterocycles. The zero-order valence-corrected chi connectivity index (χ0v) is 26.3. The largest absolute Gasteiger partial charge is 0.493 e. The molecule has 0 N–H and O–H groups in total. The number of nitrogens with zero attached hydrogens (tertiary/aromatic N) is 2. The number of rotatable bonds is 4. The molecule has 1 aliphatic carbocycles. The zero-order valence-electron chi connectivity index (χ0n) is 25.4. The molecule has 4 heteroatoms. The Balaban J connectivity index is 1.34. The molecule has 0 amide bonds.